The van der Waals surface area contributed by atoms with E-state index in [1.165, 1.54) is 12.1 Å². The standard InChI is InChI=1S/C14H9BrClF4NO2/c15-12-9(3-7(5-16)6-21-12)8-1-2-10(22-13(17)18)11(4-8)23-14(19)20/h1-4,6,13-14H,5H2. The van der Waals surface area contributed by atoms with E-state index < -0.39 is 24.7 Å². The van der Waals surface area contributed by atoms with Crippen LogP contribution in [-0.2, 0) is 5.88 Å². The van der Waals surface area contributed by atoms with Crippen LogP contribution in [0.25, 0.3) is 11.1 Å². The minimum atomic E-state index is -3.18. The van der Waals surface area contributed by atoms with Crippen molar-refractivity contribution in [3.05, 3.63) is 40.6 Å². The lowest BCUT2D eigenvalue weighted by Crippen LogP contribution is -2.07. The highest BCUT2D eigenvalue weighted by molar-refractivity contribution is 9.10. The monoisotopic (exact) mass is 413 g/mol. The summed E-state index contributed by atoms with van der Waals surface area (Å²) in [7, 11) is 0. The van der Waals surface area contributed by atoms with E-state index in [2.05, 4.69) is 30.4 Å². The Kier molecular flexibility index (Phi) is 6.06. The molecule has 0 spiro atoms. The van der Waals surface area contributed by atoms with Crippen LogP contribution in [0.4, 0.5) is 17.6 Å². The van der Waals surface area contributed by atoms with Gasteiger partial charge in [0, 0.05) is 17.6 Å². The largest absolute Gasteiger partial charge is 0.431 e. The molecule has 1 heterocycles. The molecule has 3 nitrogen and oxygen atoms in total. The topological polar surface area (TPSA) is 31.4 Å². The van der Waals surface area contributed by atoms with Gasteiger partial charge in [0.2, 0.25) is 0 Å². The summed E-state index contributed by atoms with van der Waals surface area (Å²) in [4.78, 5) is 4.08. The Labute approximate surface area is 142 Å². The first-order valence-electron chi connectivity index (χ1n) is 6.15. The van der Waals surface area contributed by atoms with Gasteiger partial charge in [-0.05, 0) is 45.3 Å². The van der Waals surface area contributed by atoms with Crippen molar-refractivity contribution in [3.8, 4) is 22.6 Å². The molecule has 0 atom stereocenters. The van der Waals surface area contributed by atoms with Gasteiger partial charge >= 0.3 is 13.2 Å². The number of aromatic nitrogens is 1. The van der Waals surface area contributed by atoms with Crippen molar-refractivity contribution in [2.24, 2.45) is 0 Å². The molecule has 0 aliphatic heterocycles. The smallest absolute Gasteiger partial charge is 0.387 e. The van der Waals surface area contributed by atoms with Crippen LogP contribution in [0.3, 0.4) is 0 Å². The molecule has 0 bridgehead atoms. The van der Waals surface area contributed by atoms with Gasteiger partial charge in [-0.25, -0.2) is 4.98 Å². The predicted octanol–water partition coefficient (Wildman–Crippen LogP) is 5.45. The number of halogens is 6. The number of rotatable bonds is 6. The predicted molar refractivity (Wildman–Crippen MR) is 80.2 cm³/mol. The van der Waals surface area contributed by atoms with E-state index in [0.717, 1.165) is 6.07 Å². The third-order valence-electron chi connectivity index (χ3n) is 2.74. The molecular formula is C14H9BrClF4NO2. The van der Waals surface area contributed by atoms with Crippen LogP contribution in [0.1, 0.15) is 5.56 Å². The van der Waals surface area contributed by atoms with Crippen LogP contribution in [0.2, 0.25) is 0 Å². The van der Waals surface area contributed by atoms with Crippen molar-refractivity contribution in [2.45, 2.75) is 19.1 Å². The number of benzene rings is 1. The van der Waals surface area contributed by atoms with Gasteiger partial charge < -0.3 is 9.47 Å². The maximum absolute atomic E-state index is 12.5. The molecule has 0 aliphatic carbocycles. The van der Waals surface area contributed by atoms with E-state index in [-0.39, 0.29) is 5.88 Å². The molecule has 2 rings (SSSR count). The van der Waals surface area contributed by atoms with Crippen LogP contribution in [0, 0.1) is 0 Å². The average molecular weight is 415 g/mol. The molecule has 2 aromatic rings. The number of nitrogens with zero attached hydrogens (tertiary/aromatic N) is 1. The molecule has 0 saturated carbocycles. The fraction of sp³-hybridized carbons (Fsp3) is 0.214. The molecule has 0 unspecified atom stereocenters. The average Bonchev–Trinajstić information content (AvgIpc) is 2.48. The Bertz CT molecular complexity index is 688. The summed E-state index contributed by atoms with van der Waals surface area (Å²) in [6.45, 7) is -6.34. The summed E-state index contributed by atoms with van der Waals surface area (Å²) in [5, 5.41) is 0. The van der Waals surface area contributed by atoms with Gasteiger partial charge in [0.1, 0.15) is 4.60 Å². The van der Waals surface area contributed by atoms with Crippen LogP contribution in [0.15, 0.2) is 35.1 Å². The first-order valence-corrected chi connectivity index (χ1v) is 7.48. The second-order valence-electron chi connectivity index (χ2n) is 4.23. The van der Waals surface area contributed by atoms with Gasteiger partial charge in [-0.1, -0.05) is 6.07 Å². The third-order valence-corrected chi connectivity index (χ3v) is 3.68. The first kappa shape index (κ1) is 17.8. The third kappa shape index (κ3) is 4.71. The molecule has 0 fully saturated rings. The maximum Gasteiger partial charge on any atom is 0.387 e. The highest BCUT2D eigenvalue weighted by Crippen LogP contribution is 2.36. The summed E-state index contributed by atoms with van der Waals surface area (Å²) in [6, 6.07) is 5.41. The van der Waals surface area contributed by atoms with Gasteiger partial charge in [0.25, 0.3) is 0 Å². The lowest BCUT2D eigenvalue weighted by Gasteiger charge is -2.14. The van der Waals surface area contributed by atoms with E-state index >= 15 is 0 Å². The molecule has 1 aromatic carbocycles. The Hall–Kier alpha value is -1.54. The Morgan fingerprint density at radius 1 is 1.04 bits per heavy atom. The molecule has 0 saturated heterocycles. The van der Waals surface area contributed by atoms with E-state index in [1.807, 2.05) is 0 Å². The summed E-state index contributed by atoms with van der Waals surface area (Å²) in [6.07, 6.45) is 1.55. The summed E-state index contributed by atoms with van der Waals surface area (Å²) >= 11 is 8.97. The fourth-order valence-electron chi connectivity index (χ4n) is 1.82. The zero-order valence-electron chi connectivity index (χ0n) is 11.3. The SMILES string of the molecule is FC(F)Oc1ccc(-c2cc(CCl)cnc2Br)cc1OC(F)F. The van der Waals surface area contributed by atoms with Crippen LogP contribution < -0.4 is 9.47 Å². The number of ether oxygens (including phenoxy) is 2. The zero-order chi connectivity index (χ0) is 17.0. The summed E-state index contributed by atoms with van der Waals surface area (Å²) in [5.41, 5.74) is 1.67. The van der Waals surface area contributed by atoms with Crippen LogP contribution in [-0.4, -0.2) is 18.2 Å². The van der Waals surface area contributed by atoms with E-state index in [9.17, 15) is 17.6 Å². The summed E-state index contributed by atoms with van der Waals surface area (Å²) < 4.78 is 58.5. The molecule has 0 radical (unpaired) electrons. The minimum absolute atomic E-state index is 0.209. The molecule has 23 heavy (non-hydrogen) atoms. The fourth-order valence-corrected chi connectivity index (χ4v) is 2.42. The van der Waals surface area contributed by atoms with Crippen molar-refractivity contribution < 1.29 is 27.0 Å². The maximum atomic E-state index is 12.5. The zero-order valence-corrected chi connectivity index (χ0v) is 13.6. The van der Waals surface area contributed by atoms with Crippen molar-refractivity contribution in [1.29, 1.82) is 0 Å². The number of pyridine rings is 1. The van der Waals surface area contributed by atoms with Crippen LogP contribution >= 0.6 is 27.5 Å². The molecule has 0 amide bonds. The molecule has 9 heteroatoms. The highest BCUT2D eigenvalue weighted by Gasteiger charge is 2.17. The van der Waals surface area contributed by atoms with E-state index in [1.54, 1.807) is 12.3 Å². The van der Waals surface area contributed by atoms with Gasteiger partial charge in [-0.15, -0.1) is 11.6 Å². The van der Waals surface area contributed by atoms with Gasteiger partial charge in [0.15, 0.2) is 11.5 Å². The van der Waals surface area contributed by atoms with Gasteiger partial charge in [0.05, 0.1) is 0 Å². The molecular weight excluding hydrogens is 406 g/mol. The van der Waals surface area contributed by atoms with Gasteiger partial charge in [-0.2, -0.15) is 17.6 Å². The summed E-state index contributed by atoms with van der Waals surface area (Å²) in [5.74, 6) is -0.775. The van der Waals surface area contributed by atoms with Crippen LogP contribution in [0.5, 0.6) is 11.5 Å². The highest BCUT2D eigenvalue weighted by atomic mass is 79.9. The van der Waals surface area contributed by atoms with Crippen molar-refractivity contribution in [2.75, 3.05) is 0 Å². The van der Waals surface area contributed by atoms with Crippen molar-refractivity contribution in [1.82, 2.24) is 4.98 Å². The second kappa shape index (κ2) is 7.83. The Morgan fingerprint density at radius 3 is 2.30 bits per heavy atom. The Morgan fingerprint density at radius 2 is 1.70 bits per heavy atom. The van der Waals surface area contributed by atoms with Gasteiger partial charge in [-0.3, -0.25) is 0 Å². The lowest BCUT2D eigenvalue weighted by atomic mass is 10.1. The normalized spacial score (nSPS) is 11.1. The quantitative estimate of drug-likeness (QED) is 0.358. The number of hydrogen-bond donors (Lipinski definition) is 0. The molecule has 1 aromatic heterocycles. The lowest BCUT2D eigenvalue weighted by molar-refractivity contribution is -0.0691. The molecule has 0 aliphatic rings. The van der Waals surface area contributed by atoms with E-state index in [0.29, 0.717) is 21.3 Å². The Balaban J connectivity index is 2.47. The minimum Gasteiger partial charge on any atom is -0.431 e. The van der Waals surface area contributed by atoms with Crippen molar-refractivity contribution >= 4 is 27.5 Å². The van der Waals surface area contributed by atoms with E-state index in [4.69, 9.17) is 11.6 Å². The number of alkyl halides is 5. The second-order valence-corrected chi connectivity index (χ2v) is 5.25. The molecule has 124 valence electrons. The first-order chi connectivity index (χ1) is 10.9. The number of hydrogen-bond acceptors (Lipinski definition) is 3. The molecule has 0 N–H and O–H groups in total. The van der Waals surface area contributed by atoms with Crippen molar-refractivity contribution in [3.63, 3.8) is 0 Å².